The summed E-state index contributed by atoms with van der Waals surface area (Å²) in [5, 5.41) is 7.10. The average Bonchev–Trinajstić information content (AvgIpc) is 3.01. The number of para-hydroxylation sites is 1. The monoisotopic (exact) mass is 324 g/mol. The molecule has 2 aromatic rings. The second-order valence-corrected chi connectivity index (χ2v) is 5.38. The molecule has 0 unspecified atom stereocenters. The SMILES string of the molecule is O=C(c1nnn(-c2ccccc2)c1C(F)(F)F)N1CCCCC1. The van der Waals surface area contributed by atoms with Crippen molar-refractivity contribution in [2.45, 2.75) is 25.4 Å². The van der Waals surface area contributed by atoms with Crippen molar-refractivity contribution in [1.29, 1.82) is 0 Å². The van der Waals surface area contributed by atoms with Gasteiger partial charge < -0.3 is 4.90 Å². The summed E-state index contributed by atoms with van der Waals surface area (Å²) < 4.78 is 41.1. The summed E-state index contributed by atoms with van der Waals surface area (Å²) in [6, 6.07) is 7.86. The van der Waals surface area contributed by atoms with Crippen molar-refractivity contribution in [3.63, 3.8) is 0 Å². The van der Waals surface area contributed by atoms with Crippen LogP contribution in [0.3, 0.4) is 0 Å². The third kappa shape index (κ3) is 3.06. The minimum absolute atomic E-state index is 0.213. The molecule has 0 atom stereocenters. The molecule has 1 aliphatic rings. The van der Waals surface area contributed by atoms with Gasteiger partial charge in [0, 0.05) is 13.1 Å². The van der Waals surface area contributed by atoms with Crippen LogP contribution in [0, 0.1) is 0 Å². The second-order valence-electron chi connectivity index (χ2n) is 5.38. The summed E-state index contributed by atoms with van der Waals surface area (Å²) in [6.45, 7) is 0.905. The minimum atomic E-state index is -4.72. The molecule has 1 aromatic carbocycles. The highest BCUT2D eigenvalue weighted by Crippen LogP contribution is 2.33. The van der Waals surface area contributed by atoms with E-state index in [0.29, 0.717) is 17.8 Å². The van der Waals surface area contributed by atoms with E-state index < -0.39 is 23.5 Å². The number of carbonyl (C=O) groups excluding carboxylic acids is 1. The average molecular weight is 324 g/mol. The summed E-state index contributed by atoms with van der Waals surface area (Å²) in [7, 11) is 0. The predicted molar refractivity (Wildman–Crippen MR) is 76.1 cm³/mol. The highest BCUT2D eigenvalue weighted by atomic mass is 19.4. The number of hydrogen-bond donors (Lipinski definition) is 0. The molecule has 1 aromatic heterocycles. The lowest BCUT2D eigenvalue weighted by Crippen LogP contribution is -2.37. The molecule has 0 N–H and O–H groups in total. The quantitative estimate of drug-likeness (QED) is 0.853. The van der Waals surface area contributed by atoms with E-state index >= 15 is 0 Å². The first-order valence-electron chi connectivity index (χ1n) is 7.36. The van der Waals surface area contributed by atoms with Gasteiger partial charge in [-0.25, -0.2) is 4.68 Å². The molecule has 1 fully saturated rings. The van der Waals surface area contributed by atoms with Gasteiger partial charge in [0.1, 0.15) is 0 Å². The summed E-state index contributed by atoms with van der Waals surface area (Å²) in [4.78, 5) is 13.8. The lowest BCUT2D eigenvalue weighted by Gasteiger charge is -2.26. The van der Waals surface area contributed by atoms with E-state index in [0.717, 1.165) is 19.3 Å². The Hall–Kier alpha value is -2.38. The third-order valence-corrected chi connectivity index (χ3v) is 3.79. The van der Waals surface area contributed by atoms with E-state index in [-0.39, 0.29) is 5.69 Å². The maximum atomic E-state index is 13.5. The van der Waals surface area contributed by atoms with Gasteiger partial charge in [0.25, 0.3) is 5.91 Å². The Bertz CT molecular complexity index is 690. The van der Waals surface area contributed by atoms with E-state index in [4.69, 9.17) is 0 Å². The minimum Gasteiger partial charge on any atom is -0.337 e. The zero-order valence-electron chi connectivity index (χ0n) is 12.3. The fraction of sp³-hybridized carbons (Fsp3) is 0.400. The lowest BCUT2D eigenvalue weighted by atomic mass is 10.1. The Morgan fingerprint density at radius 2 is 1.70 bits per heavy atom. The molecule has 3 rings (SSSR count). The van der Waals surface area contributed by atoms with Gasteiger partial charge >= 0.3 is 6.18 Å². The molecular formula is C15H15F3N4O. The van der Waals surface area contributed by atoms with Crippen molar-refractivity contribution >= 4 is 5.91 Å². The lowest BCUT2D eigenvalue weighted by molar-refractivity contribution is -0.143. The molecule has 23 heavy (non-hydrogen) atoms. The molecule has 0 bridgehead atoms. The largest absolute Gasteiger partial charge is 0.435 e. The van der Waals surface area contributed by atoms with Gasteiger partial charge in [-0.1, -0.05) is 23.4 Å². The Morgan fingerprint density at radius 3 is 2.30 bits per heavy atom. The van der Waals surface area contributed by atoms with Crippen LogP contribution in [0.2, 0.25) is 0 Å². The van der Waals surface area contributed by atoms with Crippen LogP contribution in [0.25, 0.3) is 5.69 Å². The van der Waals surface area contributed by atoms with Crippen molar-refractivity contribution in [3.8, 4) is 5.69 Å². The Balaban J connectivity index is 2.04. The van der Waals surface area contributed by atoms with E-state index in [2.05, 4.69) is 10.3 Å². The number of likely N-dealkylation sites (tertiary alicyclic amines) is 1. The Kier molecular flexibility index (Phi) is 4.06. The molecule has 0 spiro atoms. The molecule has 0 radical (unpaired) electrons. The first-order chi connectivity index (χ1) is 11.0. The van der Waals surface area contributed by atoms with Gasteiger partial charge in [-0.3, -0.25) is 4.79 Å². The molecule has 0 saturated carbocycles. The van der Waals surface area contributed by atoms with Crippen LogP contribution >= 0.6 is 0 Å². The molecule has 1 aliphatic heterocycles. The fourth-order valence-corrected chi connectivity index (χ4v) is 2.68. The number of benzene rings is 1. The number of halogens is 3. The second kappa shape index (κ2) is 6.02. The number of carbonyl (C=O) groups is 1. The number of rotatable bonds is 2. The van der Waals surface area contributed by atoms with E-state index in [1.807, 2.05) is 0 Å². The van der Waals surface area contributed by atoms with Gasteiger partial charge in [0.15, 0.2) is 11.4 Å². The molecular weight excluding hydrogens is 309 g/mol. The van der Waals surface area contributed by atoms with Gasteiger partial charge in [0.2, 0.25) is 0 Å². The number of alkyl halides is 3. The van der Waals surface area contributed by atoms with Crippen LogP contribution in [0.4, 0.5) is 13.2 Å². The van der Waals surface area contributed by atoms with Gasteiger partial charge in [-0.2, -0.15) is 13.2 Å². The first-order valence-corrected chi connectivity index (χ1v) is 7.36. The molecule has 5 nitrogen and oxygen atoms in total. The summed E-state index contributed by atoms with van der Waals surface area (Å²) in [5.41, 5.74) is -1.55. The summed E-state index contributed by atoms with van der Waals surface area (Å²) in [5.74, 6) is -0.709. The van der Waals surface area contributed by atoms with Gasteiger partial charge in [0.05, 0.1) is 5.69 Å². The molecule has 2 heterocycles. The summed E-state index contributed by atoms with van der Waals surface area (Å²) in [6.07, 6.45) is -2.16. The van der Waals surface area contributed by atoms with Crippen LogP contribution in [0.5, 0.6) is 0 Å². The van der Waals surface area contributed by atoms with Crippen molar-refractivity contribution in [2.75, 3.05) is 13.1 Å². The smallest absolute Gasteiger partial charge is 0.337 e. The van der Waals surface area contributed by atoms with E-state index in [9.17, 15) is 18.0 Å². The molecule has 0 aliphatic carbocycles. The molecule has 1 saturated heterocycles. The summed E-state index contributed by atoms with van der Waals surface area (Å²) >= 11 is 0. The van der Waals surface area contributed by atoms with Crippen molar-refractivity contribution in [2.24, 2.45) is 0 Å². The highest BCUT2D eigenvalue weighted by molar-refractivity contribution is 5.93. The van der Waals surface area contributed by atoms with Gasteiger partial charge in [-0.05, 0) is 31.4 Å². The van der Waals surface area contributed by atoms with Crippen LogP contribution in [-0.2, 0) is 6.18 Å². The predicted octanol–water partition coefficient (Wildman–Crippen LogP) is 2.91. The normalized spacial score (nSPS) is 15.7. The first kappa shape index (κ1) is 15.5. The number of amides is 1. The number of aromatic nitrogens is 3. The van der Waals surface area contributed by atoms with Gasteiger partial charge in [-0.15, -0.1) is 5.10 Å². The highest BCUT2D eigenvalue weighted by Gasteiger charge is 2.42. The van der Waals surface area contributed by atoms with Crippen LogP contribution in [-0.4, -0.2) is 38.9 Å². The van der Waals surface area contributed by atoms with Crippen molar-refractivity contribution in [3.05, 3.63) is 41.7 Å². The van der Waals surface area contributed by atoms with E-state index in [1.54, 1.807) is 18.2 Å². The standard InChI is InChI=1S/C15H15F3N4O/c16-15(17,18)13-12(14(23)21-9-5-2-6-10-21)19-20-22(13)11-7-3-1-4-8-11/h1,3-4,7-8H,2,5-6,9-10H2. The Morgan fingerprint density at radius 1 is 1.04 bits per heavy atom. The molecule has 1 amide bonds. The zero-order valence-corrected chi connectivity index (χ0v) is 12.3. The number of hydrogen-bond acceptors (Lipinski definition) is 3. The van der Waals surface area contributed by atoms with E-state index in [1.165, 1.54) is 17.0 Å². The van der Waals surface area contributed by atoms with Crippen LogP contribution in [0.15, 0.2) is 30.3 Å². The fourth-order valence-electron chi connectivity index (χ4n) is 2.68. The third-order valence-electron chi connectivity index (χ3n) is 3.79. The topological polar surface area (TPSA) is 51.0 Å². The molecule has 122 valence electrons. The Labute approximate surface area is 130 Å². The molecule has 8 heteroatoms. The van der Waals surface area contributed by atoms with Crippen LogP contribution in [0.1, 0.15) is 35.4 Å². The maximum absolute atomic E-state index is 13.5. The number of piperidine rings is 1. The number of nitrogens with zero attached hydrogens (tertiary/aromatic N) is 4. The maximum Gasteiger partial charge on any atom is 0.435 e. The van der Waals surface area contributed by atoms with Crippen LogP contribution < -0.4 is 0 Å². The zero-order chi connectivity index (χ0) is 16.4. The van der Waals surface area contributed by atoms with Crippen molar-refractivity contribution < 1.29 is 18.0 Å². The van der Waals surface area contributed by atoms with Crippen molar-refractivity contribution in [1.82, 2.24) is 19.9 Å².